The Morgan fingerprint density at radius 1 is 1.50 bits per heavy atom. The second-order valence-corrected chi connectivity index (χ2v) is 2.81. The largest absolute Gasteiger partial charge is 0.363 e. The van der Waals surface area contributed by atoms with Crippen LogP contribution in [0, 0.1) is 12.1 Å². The summed E-state index contributed by atoms with van der Waals surface area (Å²) in [7, 11) is 0. The molecule has 0 amide bonds. The number of anilines is 1. The summed E-state index contributed by atoms with van der Waals surface area (Å²) in [6, 6.07) is 9.19. The number of carbonyl (C=O) groups is 1. The monoisotopic (exact) mass is 159 g/mol. The molecule has 0 aliphatic carbocycles. The third-order valence-electron chi connectivity index (χ3n) is 2.14. The highest BCUT2D eigenvalue weighted by Crippen LogP contribution is 2.25. The van der Waals surface area contributed by atoms with Crippen molar-refractivity contribution in [2.24, 2.45) is 0 Å². The maximum absolute atomic E-state index is 11.4. The lowest BCUT2D eigenvalue weighted by atomic mass is 10.2. The third kappa shape index (κ3) is 0.868. The van der Waals surface area contributed by atoms with Gasteiger partial charge in [0.1, 0.15) is 0 Å². The number of carbonyl (C=O) groups excluding carboxylic acids is 1. The second kappa shape index (κ2) is 2.53. The molecular weight excluding hydrogens is 150 g/mol. The Morgan fingerprint density at radius 2 is 2.25 bits per heavy atom. The number of nitrogens with zero attached hydrogens (tertiary/aromatic N) is 1. The fourth-order valence-corrected chi connectivity index (χ4v) is 1.49. The maximum atomic E-state index is 11.4. The first kappa shape index (κ1) is 7.17. The van der Waals surface area contributed by atoms with Crippen LogP contribution in [0.1, 0.15) is 17.3 Å². The standard InChI is InChI=1S/C10H9NO/c1-2-11-7-10(12)8-5-3-4-6-9(8)11/h5-6H,2,7H2,1H3. The van der Waals surface area contributed by atoms with Crippen molar-refractivity contribution < 1.29 is 4.79 Å². The molecule has 1 aliphatic heterocycles. The molecule has 1 aromatic rings. The fraction of sp³-hybridized carbons (Fsp3) is 0.300. The van der Waals surface area contributed by atoms with Gasteiger partial charge in [-0.05, 0) is 6.92 Å². The van der Waals surface area contributed by atoms with Crippen molar-refractivity contribution in [2.75, 3.05) is 18.0 Å². The molecule has 1 heterocycles. The van der Waals surface area contributed by atoms with Gasteiger partial charge in [-0.2, -0.15) is 0 Å². The first-order valence-corrected chi connectivity index (χ1v) is 4.03. The van der Waals surface area contributed by atoms with Gasteiger partial charge in [0.05, 0.1) is 17.8 Å². The zero-order valence-electron chi connectivity index (χ0n) is 6.92. The summed E-state index contributed by atoms with van der Waals surface area (Å²) in [5.74, 6) is 0.192. The highest BCUT2D eigenvalue weighted by molar-refractivity contribution is 6.08. The summed E-state index contributed by atoms with van der Waals surface area (Å²) in [5, 5.41) is 0. The van der Waals surface area contributed by atoms with Crippen LogP contribution in [0.25, 0.3) is 0 Å². The van der Waals surface area contributed by atoms with E-state index in [-0.39, 0.29) is 5.78 Å². The zero-order valence-corrected chi connectivity index (χ0v) is 6.92. The van der Waals surface area contributed by atoms with Crippen LogP contribution in [-0.2, 0) is 0 Å². The Labute approximate surface area is 71.8 Å². The van der Waals surface area contributed by atoms with Crippen LogP contribution in [0.5, 0.6) is 0 Å². The lowest BCUT2D eigenvalue weighted by Crippen LogP contribution is -2.21. The smallest absolute Gasteiger partial charge is 0.184 e. The molecule has 2 rings (SSSR count). The van der Waals surface area contributed by atoms with Gasteiger partial charge in [-0.1, -0.05) is 12.1 Å². The highest BCUT2D eigenvalue weighted by atomic mass is 16.1. The van der Waals surface area contributed by atoms with Gasteiger partial charge in [-0.15, -0.1) is 0 Å². The highest BCUT2D eigenvalue weighted by Gasteiger charge is 2.24. The lowest BCUT2D eigenvalue weighted by molar-refractivity contribution is 0.101. The molecule has 0 saturated carbocycles. The molecule has 2 heteroatoms. The predicted molar refractivity (Wildman–Crippen MR) is 46.3 cm³/mol. The zero-order chi connectivity index (χ0) is 8.55. The lowest BCUT2D eigenvalue weighted by Gasteiger charge is -2.13. The van der Waals surface area contributed by atoms with Gasteiger partial charge in [0.25, 0.3) is 0 Å². The van der Waals surface area contributed by atoms with E-state index >= 15 is 0 Å². The molecule has 1 aromatic carbocycles. The Hall–Kier alpha value is -1.49. The van der Waals surface area contributed by atoms with E-state index in [9.17, 15) is 4.79 Å². The van der Waals surface area contributed by atoms with Crippen LogP contribution in [0.15, 0.2) is 12.1 Å². The van der Waals surface area contributed by atoms with Crippen LogP contribution in [0.3, 0.4) is 0 Å². The minimum absolute atomic E-state index is 0.192. The van der Waals surface area contributed by atoms with Crippen molar-refractivity contribution in [3.63, 3.8) is 0 Å². The Bertz CT molecular complexity index is 319. The van der Waals surface area contributed by atoms with Crippen molar-refractivity contribution in [1.29, 1.82) is 0 Å². The van der Waals surface area contributed by atoms with Crippen LogP contribution in [0.4, 0.5) is 5.69 Å². The van der Waals surface area contributed by atoms with E-state index in [0.717, 1.165) is 17.8 Å². The Kier molecular flexibility index (Phi) is 1.51. The molecule has 0 aromatic heterocycles. The molecule has 0 radical (unpaired) electrons. The number of Topliss-reactive ketones (excluding diaryl/α,β-unsaturated/α-hetero) is 1. The van der Waals surface area contributed by atoms with E-state index in [1.165, 1.54) is 0 Å². The van der Waals surface area contributed by atoms with Crippen LogP contribution in [-0.4, -0.2) is 18.9 Å². The predicted octanol–water partition coefficient (Wildman–Crippen LogP) is 1.31. The summed E-state index contributed by atoms with van der Waals surface area (Å²) in [5.41, 5.74) is 1.79. The van der Waals surface area contributed by atoms with Gasteiger partial charge in [0, 0.05) is 18.7 Å². The summed E-state index contributed by atoms with van der Waals surface area (Å²) < 4.78 is 0. The van der Waals surface area contributed by atoms with Crippen molar-refractivity contribution in [3.8, 4) is 0 Å². The van der Waals surface area contributed by atoms with Crippen LogP contribution >= 0.6 is 0 Å². The molecule has 60 valence electrons. The van der Waals surface area contributed by atoms with E-state index in [4.69, 9.17) is 0 Å². The number of hydrogen-bond donors (Lipinski definition) is 0. The molecule has 0 unspecified atom stereocenters. The molecule has 0 N–H and O–H groups in total. The first-order chi connectivity index (χ1) is 5.83. The third-order valence-corrected chi connectivity index (χ3v) is 2.14. The minimum atomic E-state index is 0.192. The number of rotatable bonds is 1. The topological polar surface area (TPSA) is 20.3 Å². The molecule has 0 atom stereocenters. The molecule has 0 bridgehead atoms. The summed E-state index contributed by atoms with van der Waals surface area (Å²) in [4.78, 5) is 13.4. The van der Waals surface area contributed by atoms with Crippen LogP contribution < -0.4 is 4.90 Å². The number of ketones is 1. The number of hydrogen-bond acceptors (Lipinski definition) is 2. The SMILES string of the molecule is CCN1CC(=O)c2cc#ccc21. The number of fused-ring (bicyclic) bond motifs is 1. The summed E-state index contributed by atoms with van der Waals surface area (Å²) >= 11 is 0. The molecule has 0 saturated heterocycles. The van der Waals surface area contributed by atoms with E-state index in [1.807, 2.05) is 17.9 Å². The van der Waals surface area contributed by atoms with E-state index in [2.05, 4.69) is 12.1 Å². The van der Waals surface area contributed by atoms with Gasteiger partial charge in [-0.3, -0.25) is 4.79 Å². The quantitative estimate of drug-likeness (QED) is 0.615. The second-order valence-electron chi connectivity index (χ2n) is 2.81. The van der Waals surface area contributed by atoms with Gasteiger partial charge in [-0.25, -0.2) is 0 Å². The summed E-state index contributed by atoms with van der Waals surface area (Å²) in [6.07, 6.45) is 0. The number of likely N-dealkylation sites (N-methyl/N-ethyl adjacent to an activating group) is 1. The average molecular weight is 159 g/mol. The molecule has 0 fully saturated rings. The summed E-state index contributed by atoms with van der Waals surface area (Å²) in [6.45, 7) is 3.42. The van der Waals surface area contributed by atoms with Crippen LogP contribution in [0.2, 0.25) is 0 Å². The average Bonchev–Trinajstić information content (AvgIpc) is 2.44. The minimum Gasteiger partial charge on any atom is -0.363 e. The fourth-order valence-electron chi connectivity index (χ4n) is 1.49. The van der Waals surface area contributed by atoms with Crippen molar-refractivity contribution in [1.82, 2.24) is 0 Å². The molecular formula is C10H9NO. The van der Waals surface area contributed by atoms with E-state index in [1.54, 1.807) is 6.07 Å². The van der Waals surface area contributed by atoms with Gasteiger partial charge < -0.3 is 4.90 Å². The van der Waals surface area contributed by atoms with Gasteiger partial charge in [0.2, 0.25) is 0 Å². The van der Waals surface area contributed by atoms with Crippen molar-refractivity contribution >= 4 is 11.5 Å². The van der Waals surface area contributed by atoms with Gasteiger partial charge in [0.15, 0.2) is 5.78 Å². The molecule has 12 heavy (non-hydrogen) atoms. The van der Waals surface area contributed by atoms with Gasteiger partial charge >= 0.3 is 0 Å². The molecule has 2 nitrogen and oxygen atoms in total. The Morgan fingerprint density at radius 3 is 3.00 bits per heavy atom. The molecule has 1 aliphatic rings. The Balaban J connectivity index is 2.50. The normalized spacial score (nSPS) is 14.4. The van der Waals surface area contributed by atoms with Crippen molar-refractivity contribution in [2.45, 2.75) is 6.92 Å². The first-order valence-electron chi connectivity index (χ1n) is 4.03. The van der Waals surface area contributed by atoms with E-state index in [0.29, 0.717) is 6.54 Å². The maximum Gasteiger partial charge on any atom is 0.184 e. The van der Waals surface area contributed by atoms with Crippen molar-refractivity contribution in [3.05, 3.63) is 29.8 Å². The van der Waals surface area contributed by atoms with E-state index < -0.39 is 0 Å². The molecule has 0 spiro atoms.